The van der Waals surface area contributed by atoms with Crippen molar-refractivity contribution >= 4 is 10.0 Å². The van der Waals surface area contributed by atoms with Crippen molar-refractivity contribution in [1.82, 2.24) is 14.5 Å². The van der Waals surface area contributed by atoms with E-state index in [2.05, 4.69) is 10.2 Å². The normalized spacial score (nSPS) is 21.3. The quantitative estimate of drug-likeness (QED) is 0.611. The highest BCUT2D eigenvalue weighted by Crippen LogP contribution is 2.11. The molecule has 0 aliphatic carbocycles. The van der Waals surface area contributed by atoms with Crippen molar-refractivity contribution in [1.29, 1.82) is 0 Å². The highest BCUT2D eigenvalue weighted by molar-refractivity contribution is 7.89. The van der Waals surface area contributed by atoms with Gasteiger partial charge in [-0.05, 0) is 20.5 Å². The van der Waals surface area contributed by atoms with E-state index >= 15 is 0 Å². The summed E-state index contributed by atoms with van der Waals surface area (Å²) in [6.45, 7) is 3.92. The van der Waals surface area contributed by atoms with Crippen LogP contribution in [0.1, 0.15) is 6.42 Å². The Hall–Kier alpha value is -0.170. The standard InChI is InChI=1S/C9H21N3O2S/c1-11(2)7-4-10-5-8-12-6-3-9-15(12,13)14/h10H,3-9H2,1-2H3. The Morgan fingerprint density at radius 1 is 1.33 bits per heavy atom. The summed E-state index contributed by atoms with van der Waals surface area (Å²) in [5.41, 5.74) is 0. The van der Waals surface area contributed by atoms with Crippen molar-refractivity contribution in [3.8, 4) is 0 Å². The van der Waals surface area contributed by atoms with Gasteiger partial charge in [-0.3, -0.25) is 0 Å². The molecular formula is C9H21N3O2S. The van der Waals surface area contributed by atoms with Crippen LogP contribution in [0, 0.1) is 0 Å². The van der Waals surface area contributed by atoms with Gasteiger partial charge in [-0.2, -0.15) is 0 Å². The van der Waals surface area contributed by atoms with Gasteiger partial charge in [0, 0.05) is 32.7 Å². The largest absolute Gasteiger partial charge is 0.314 e. The molecule has 0 aromatic heterocycles. The lowest BCUT2D eigenvalue weighted by molar-refractivity contribution is 0.387. The van der Waals surface area contributed by atoms with E-state index in [1.807, 2.05) is 14.1 Å². The Kier molecular flexibility index (Phi) is 4.98. The third-order valence-corrected chi connectivity index (χ3v) is 4.43. The lowest BCUT2D eigenvalue weighted by Crippen LogP contribution is -2.35. The zero-order chi connectivity index (χ0) is 11.3. The maximum atomic E-state index is 11.4. The van der Waals surface area contributed by atoms with Gasteiger partial charge in [-0.1, -0.05) is 0 Å². The predicted octanol–water partition coefficient (Wildman–Crippen LogP) is -0.827. The summed E-state index contributed by atoms with van der Waals surface area (Å²) < 4.78 is 24.4. The van der Waals surface area contributed by atoms with Crippen molar-refractivity contribution in [2.75, 3.05) is 52.6 Å². The van der Waals surface area contributed by atoms with Gasteiger partial charge in [0.05, 0.1) is 5.75 Å². The first-order chi connectivity index (χ1) is 7.02. The van der Waals surface area contributed by atoms with Crippen molar-refractivity contribution in [3.05, 3.63) is 0 Å². The number of hydrogen-bond acceptors (Lipinski definition) is 4. The van der Waals surface area contributed by atoms with Gasteiger partial charge < -0.3 is 10.2 Å². The van der Waals surface area contributed by atoms with Crippen molar-refractivity contribution in [2.24, 2.45) is 0 Å². The Labute approximate surface area is 92.5 Å². The third kappa shape index (κ3) is 4.46. The molecule has 1 saturated heterocycles. The first kappa shape index (κ1) is 12.9. The predicted molar refractivity (Wildman–Crippen MR) is 61.4 cm³/mol. The summed E-state index contributed by atoms with van der Waals surface area (Å²) in [5, 5.41) is 3.23. The molecule has 0 aromatic rings. The molecule has 15 heavy (non-hydrogen) atoms. The van der Waals surface area contributed by atoms with Crippen LogP contribution in [0.2, 0.25) is 0 Å². The summed E-state index contributed by atoms with van der Waals surface area (Å²) in [6, 6.07) is 0. The molecule has 1 rings (SSSR count). The van der Waals surface area contributed by atoms with Crippen LogP contribution in [0.25, 0.3) is 0 Å². The van der Waals surface area contributed by atoms with Crippen LogP contribution in [0.4, 0.5) is 0 Å². The average molecular weight is 235 g/mol. The molecule has 90 valence electrons. The first-order valence-corrected chi connectivity index (χ1v) is 6.96. The smallest absolute Gasteiger partial charge is 0.214 e. The fourth-order valence-electron chi connectivity index (χ4n) is 1.57. The molecule has 1 aliphatic heterocycles. The highest BCUT2D eigenvalue weighted by atomic mass is 32.2. The first-order valence-electron chi connectivity index (χ1n) is 5.35. The maximum Gasteiger partial charge on any atom is 0.214 e. The molecule has 6 heteroatoms. The van der Waals surface area contributed by atoms with E-state index in [4.69, 9.17) is 0 Å². The zero-order valence-corrected chi connectivity index (χ0v) is 10.4. The molecule has 1 N–H and O–H groups in total. The summed E-state index contributed by atoms with van der Waals surface area (Å²) in [4.78, 5) is 2.10. The van der Waals surface area contributed by atoms with Gasteiger partial charge in [-0.15, -0.1) is 0 Å². The number of hydrogen-bond donors (Lipinski definition) is 1. The number of nitrogens with zero attached hydrogens (tertiary/aromatic N) is 2. The fraction of sp³-hybridized carbons (Fsp3) is 1.00. The van der Waals surface area contributed by atoms with E-state index in [1.165, 1.54) is 0 Å². The van der Waals surface area contributed by atoms with Crippen molar-refractivity contribution < 1.29 is 8.42 Å². The van der Waals surface area contributed by atoms with Crippen molar-refractivity contribution in [2.45, 2.75) is 6.42 Å². The molecule has 5 nitrogen and oxygen atoms in total. The van der Waals surface area contributed by atoms with E-state index in [-0.39, 0.29) is 0 Å². The monoisotopic (exact) mass is 235 g/mol. The number of likely N-dealkylation sites (N-methyl/N-ethyl adjacent to an activating group) is 1. The Morgan fingerprint density at radius 3 is 2.60 bits per heavy atom. The molecule has 0 aromatic carbocycles. The molecule has 0 spiro atoms. The molecule has 1 heterocycles. The fourth-order valence-corrected chi connectivity index (χ4v) is 3.10. The molecular weight excluding hydrogens is 214 g/mol. The van der Waals surface area contributed by atoms with E-state index in [0.29, 0.717) is 18.8 Å². The highest BCUT2D eigenvalue weighted by Gasteiger charge is 2.27. The average Bonchev–Trinajstić information content (AvgIpc) is 2.44. The summed E-state index contributed by atoms with van der Waals surface area (Å²) >= 11 is 0. The van der Waals surface area contributed by atoms with Crippen LogP contribution >= 0.6 is 0 Å². The van der Waals surface area contributed by atoms with Crippen LogP contribution < -0.4 is 5.32 Å². The van der Waals surface area contributed by atoms with E-state index in [0.717, 1.165) is 26.1 Å². The van der Waals surface area contributed by atoms with Crippen molar-refractivity contribution in [3.63, 3.8) is 0 Å². The molecule has 0 saturated carbocycles. The van der Waals surface area contributed by atoms with Gasteiger partial charge in [0.15, 0.2) is 0 Å². The molecule has 0 atom stereocenters. The number of nitrogens with one attached hydrogen (secondary N) is 1. The lowest BCUT2D eigenvalue weighted by Gasteiger charge is -2.15. The maximum absolute atomic E-state index is 11.4. The van der Waals surface area contributed by atoms with Crippen LogP contribution in [0.5, 0.6) is 0 Å². The van der Waals surface area contributed by atoms with Gasteiger partial charge >= 0.3 is 0 Å². The second kappa shape index (κ2) is 5.79. The van der Waals surface area contributed by atoms with Gasteiger partial charge in [0.1, 0.15) is 0 Å². The van der Waals surface area contributed by atoms with Gasteiger partial charge in [0.25, 0.3) is 0 Å². The van der Waals surface area contributed by atoms with E-state index in [1.54, 1.807) is 4.31 Å². The van der Waals surface area contributed by atoms with Crippen LogP contribution in [0.15, 0.2) is 0 Å². The molecule has 0 amide bonds. The zero-order valence-electron chi connectivity index (χ0n) is 9.57. The summed E-state index contributed by atoms with van der Waals surface area (Å²) in [6.07, 6.45) is 0.778. The van der Waals surface area contributed by atoms with Gasteiger partial charge in [0.2, 0.25) is 10.0 Å². The number of rotatable bonds is 6. The lowest BCUT2D eigenvalue weighted by atomic mass is 10.4. The molecule has 0 unspecified atom stereocenters. The second-order valence-corrected chi connectivity index (χ2v) is 6.21. The SMILES string of the molecule is CN(C)CCNCCN1CCCS1(=O)=O. The van der Waals surface area contributed by atoms with E-state index in [9.17, 15) is 8.42 Å². The Morgan fingerprint density at radius 2 is 2.07 bits per heavy atom. The van der Waals surface area contributed by atoms with Crippen LogP contribution in [-0.2, 0) is 10.0 Å². The summed E-state index contributed by atoms with van der Waals surface area (Å²) in [5.74, 6) is 0.324. The van der Waals surface area contributed by atoms with Crippen LogP contribution in [0.3, 0.4) is 0 Å². The number of sulfonamides is 1. The molecule has 1 aliphatic rings. The third-order valence-electron chi connectivity index (χ3n) is 2.48. The second-order valence-electron chi connectivity index (χ2n) is 4.12. The minimum Gasteiger partial charge on any atom is -0.314 e. The minimum atomic E-state index is -2.91. The molecule has 0 bridgehead atoms. The molecule has 0 radical (unpaired) electrons. The topological polar surface area (TPSA) is 52.6 Å². The Balaban J connectivity index is 2.10. The Bertz CT molecular complexity index is 277. The van der Waals surface area contributed by atoms with Gasteiger partial charge in [-0.25, -0.2) is 12.7 Å². The minimum absolute atomic E-state index is 0.324. The van der Waals surface area contributed by atoms with Crippen LogP contribution in [-0.4, -0.2) is 70.2 Å². The summed E-state index contributed by atoms with van der Waals surface area (Å²) in [7, 11) is 1.13. The molecule has 1 fully saturated rings. The van der Waals surface area contributed by atoms with E-state index < -0.39 is 10.0 Å².